The van der Waals surface area contributed by atoms with Crippen molar-refractivity contribution >= 4 is 0 Å². The maximum atomic E-state index is 5.92. The van der Waals surface area contributed by atoms with Crippen LogP contribution in [0.2, 0.25) is 0 Å². The molecular weight excluding hydrogens is 186 g/mol. The number of ether oxygens (including phenoxy) is 1. The predicted octanol–water partition coefficient (Wildman–Crippen LogP) is 3.23. The van der Waals surface area contributed by atoms with E-state index in [1.807, 2.05) is 12.3 Å². The first-order chi connectivity index (χ1) is 6.98. The van der Waals surface area contributed by atoms with Crippen molar-refractivity contribution in [1.29, 1.82) is 0 Å². The number of hydrogen-bond acceptors (Lipinski definition) is 2. The molecule has 2 heteroatoms. The van der Waals surface area contributed by atoms with E-state index >= 15 is 0 Å². The summed E-state index contributed by atoms with van der Waals surface area (Å²) in [7, 11) is 0. The third kappa shape index (κ3) is 2.31. The van der Waals surface area contributed by atoms with Crippen LogP contribution < -0.4 is 4.74 Å². The maximum absolute atomic E-state index is 5.92. The Balaban J connectivity index is 2.38. The SMILES string of the molecule is Cc1nccc(OC2CC2)c1C(C)(C)C. The number of hydrogen-bond donors (Lipinski definition) is 0. The van der Waals surface area contributed by atoms with Crippen LogP contribution in [0.1, 0.15) is 44.9 Å². The zero-order chi connectivity index (χ0) is 11.1. The largest absolute Gasteiger partial charge is 0.490 e. The standard InChI is InChI=1S/C13H19NO/c1-9-12(13(2,3)4)11(7-8-14-9)15-10-5-6-10/h7-8,10H,5-6H2,1-4H3. The van der Waals surface area contributed by atoms with Gasteiger partial charge < -0.3 is 4.74 Å². The van der Waals surface area contributed by atoms with E-state index in [4.69, 9.17) is 4.74 Å². The quantitative estimate of drug-likeness (QED) is 0.739. The normalized spacial score (nSPS) is 16.5. The minimum absolute atomic E-state index is 0.0998. The molecule has 0 aliphatic heterocycles. The Hall–Kier alpha value is -1.05. The van der Waals surface area contributed by atoms with Gasteiger partial charge in [-0.05, 0) is 31.2 Å². The second kappa shape index (κ2) is 3.51. The van der Waals surface area contributed by atoms with Crippen molar-refractivity contribution < 1.29 is 4.74 Å². The molecule has 82 valence electrons. The minimum Gasteiger partial charge on any atom is -0.490 e. The van der Waals surface area contributed by atoms with Gasteiger partial charge in [-0.15, -0.1) is 0 Å². The van der Waals surface area contributed by atoms with E-state index in [2.05, 4.69) is 32.7 Å². The highest BCUT2D eigenvalue weighted by molar-refractivity contribution is 5.40. The van der Waals surface area contributed by atoms with Gasteiger partial charge in [-0.25, -0.2) is 0 Å². The van der Waals surface area contributed by atoms with E-state index < -0.39 is 0 Å². The van der Waals surface area contributed by atoms with E-state index in [1.165, 1.54) is 18.4 Å². The summed E-state index contributed by atoms with van der Waals surface area (Å²) in [5.41, 5.74) is 2.43. The number of aromatic nitrogens is 1. The lowest BCUT2D eigenvalue weighted by molar-refractivity contribution is 0.294. The van der Waals surface area contributed by atoms with Gasteiger partial charge in [0.2, 0.25) is 0 Å². The van der Waals surface area contributed by atoms with Crippen LogP contribution in [0.15, 0.2) is 12.3 Å². The lowest BCUT2D eigenvalue weighted by Gasteiger charge is -2.24. The summed E-state index contributed by atoms with van der Waals surface area (Å²) >= 11 is 0. The monoisotopic (exact) mass is 205 g/mol. The first kappa shape index (κ1) is 10.5. The van der Waals surface area contributed by atoms with Gasteiger partial charge in [-0.3, -0.25) is 4.98 Å². The molecule has 1 saturated carbocycles. The van der Waals surface area contributed by atoms with Crippen LogP contribution in [0.4, 0.5) is 0 Å². The van der Waals surface area contributed by atoms with Crippen molar-refractivity contribution in [3.63, 3.8) is 0 Å². The molecule has 0 saturated heterocycles. The van der Waals surface area contributed by atoms with Crippen LogP contribution in [0.3, 0.4) is 0 Å². The van der Waals surface area contributed by atoms with Crippen LogP contribution in [0.5, 0.6) is 5.75 Å². The summed E-state index contributed by atoms with van der Waals surface area (Å²) in [6.45, 7) is 8.67. The molecular formula is C13H19NO. The molecule has 0 amide bonds. The average Bonchev–Trinajstić information content (AvgIpc) is 2.85. The highest BCUT2D eigenvalue weighted by atomic mass is 16.5. The third-order valence-corrected chi connectivity index (χ3v) is 2.67. The molecule has 2 rings (SSSR count). The fourth-order valence-electron chi connectivity index (χ4n) is 1.92. The molecule has 0 atom stereocenters. The topological polar surface area (TPSA) is 22.1 Å². The van der Waals surface area contributed by atoms with Gasteiger partial charge in [0.1, 0.15) is 5.75 Å². The zero-order valence-electron chi connectivity index (χ0n) is 10.0. The van der Waals surface area contributed by atoms with Gasteiger partial charge >= 0.3 is 0 Å². The van der Waals surface area contributed by atoms with Crippen molar-refractivity contribution in [1.82, 2.24) is 4.98 Å². The first-order valence-electron chi connectivity index (χ1n) is 5.61. The van der Waals surface area contributed by atoms with Gasteiger partial charge in [0.25, 0.3) is 0 Å². The molecule has 1 heterocycles. The van der Waals surface area contributed by atoms with Crippen molar-refractivity contribution in [2.45, 2.75) is 52.1 Å². The predicted molar refractivity (Wildman–Crippen MR) is 61.3 cm³/mol. The summed E-state index contributed by atoms with van der Waals surface area (Å²) in [4.78, 5) is 4.35. The van der Waals surface area contributed by atoms with Gasteiger partial charge in [0, 0.05) is 17.5 Å². The summed E-state index contributed by atoms with van der Waals surface area (Å²) in [6.07, 6.45) is 4.69. The number of nitrogens with zero attached hydrogens (tertiary/aromatic N) is 1. The fourth-order valence-corrected chi connectivity index (χ4v) is 1.92. The van der Waals surface area contributed by atoms with Gasteiger partial charge in [0.05, 0.1) is 6.10 Å². The van der Waals surface area contributed by atoms with E-state index in [9.17, 15) is 0 Å². The van der Waals surface area contributed by atoms with E-state index in [-0.39, 0.29) is 5.41 Å². The Morgan fingerprint density at radius 1 is 1.33 bits per heavy atom. The molecule has 1 aliphatic carbocycles. The second-order valence-corrected chi connectivity index (χ2v) is 5.34. The molecule has 1 aromatic rings. The molecule has 0 spiro atoms. The fraction of sp³-hybridized carbons (Fsp3) is 0.615. The Bertz CT molecular complexity index is 361. The Morgan fingerprint density at radius 3 is 2.53 bits per heavy atom. The summed E-state index contributed by atoms with van der Waals surface area (Å²) in [5, 5.41) is 0. The van der Waals surface area contributed by atoms with Crippen molar-refractivity contribution in [3.8, 4) is 5.75 Å². The molecule has 1 aliphatic rings. The number of aryl methyl sites for hydroxylation is 1. The van der Waals surface area contributed by atoms with E-state index in [0.717, 1.165) is 11.4 Å². The van der Waals surface area contributed by atoms with Crippen LogP contribution in [0.25, 0.3) is 0 Å². The maximum Gasteiger partial charge on any atom is 0.126 e. The second-order valence-electron chi connectivity index (χ2n) is 5.34. The Labute approximate surface area is 91.7 Å². The van der Waals surface area contributed by atoms with Crippen molar-refractivity contribution in [2.75, 3.05) is 0 Å². The summed E-state index contributed by atoms with van der Waals surface area (Å²) in [5.74, 6) is 1.03. The lowest BCUT2D eigenvalue weighted by atomic mass is 9.85. The van der Waals surface area contributed by atoms with Gasteiger partial charge in [0.15, 0.2) is 0 Å². The molecule has 1 aromatic heterocycles. The molecule has 0 bridgehead atoms. The molecule has 1 fully saturated rings. The average molecular weight is 205 g/mol. The summed E-state index contributed by atoms with van der Waals surface area (Å²) < 4.78 is 5.92. The molecule has 15 heavy (non-hydrogen) atoms. The van der Waals surface area contributed by atoms with Crippen LogP contribution >= 0.6 is 0 Å². The molecule has 0 N–H and O–H groups in total. The number of pyridine rings is 1. The molecule has 0 radical (unpaired) electrons. The Morgan fingerprint density at radius 2 is 2.00 bits per heavy atom. The minimum atomic E-state index is 0.0998. The third-order valence-electron chi connectivity index (χ3n) is 2.67. The number of rotatable bonds is 2. The highest BCUT2D eigenvalue weighted by Gasteiger charge is 2.28. The highest BCUT2D eigenvalue weighted by Crippen LogP contribution is 2.36. The smallest absolute Gasteiger partial charge is 0.126 e. The van der Waals surface area contributed by atoms with Crippen molar-refractivity contribution in [3.05, 3.63) is 23.5 Å². The van der Waals surface area contributed by atoms with Crippen LogP contribution in [-0.4, -0.2) is 11.1 Å². The van der Waals surface area contributed by atoms with E-state index in [1.54, 1.807) is 0 Å². The molecule has 2 nitrogen and oxygen atoms in total. The Kier molecular flexibility index (Phi) is 2.45. The van der Waals surface area contributed by atoms with E-state index in [0.29, 0.717) is 6.10 Å². The molecule has 0 aromatic carbocycles. The molecule has 0 unspecified atom stereocenters. The zero-order valence-corrected chi connectivity index (χ0v) is 10.0. The lowest BCUT2D eigenvalue weighted by Crippen LogP contribution is -2.16. The summed E-state index contributed by atoms with van der Waals surface area (Å²) in [6, 6.07) is 1.99. The van der Waals surface area contributed by atoms with Gasteiger partial charge in [-0.2, -0.15) is 0 Å². The van der Waals surface area contributed by atoms with Gasteiger partial charge in [-0.1, -0.05) is 20.8 Å². The first-order valence-corrected chi connectivity index (χ1v) is 5.61. The van der Waals surface area contributed by atoms with Crippen LogP contribution in [-0.2, 0) is 5.41 Å². The van der Waals surface area contributed by atoms with Crippen LogP contribution in [0, 0.1) is 6.92 Å². The van der Waals surface area contributed by atoms with Crippen molar-refractivity contribution in [2.24, 2.45) is 0 Å².